The third-order valence-corrected chi connectivity index (χ3v) is 8.48. The number of H-pyrrole nitrogens is 1. The Morgan fingerprint density at radius 2 is 1.82 bits per heavy atom. The molecule has 1 aliphatic carbocycles. The van der Waals surface area contributed by atoms with E-state index in [1.54, 1.807) is 31.5 Å². The quantitative estimate of drug-likeness (QED) is 0.530. The molecule has 1 aliphatic rings. The van der Waals surface area contributed by atoms with E-state index in [-0.39, 0.29) is 16.4 Å². The Hall–Kier alpha value is -2.77. The van der Waals surface area contributed by atoms with Crippen LogP contribution in [0, 0.1) is 0 Å². The van der Waals surface area contributed by atoms with Gasteiger partial charge in [-0.15, -0.1) is 0 Å². The number of carbonyl (C=O) groups is 1. The van der Waals surface area contributed by atoms with Crippen molar-refractivity contribution in [2.75, 3.05) is 32.4 Å². The number of sulfone groups is 1. The Balaban J connectivity index is 1.79. The molecule has 174 valence electrons. The first-order valence-electron chi connectivity index (χ1n) is 11.4. The summed E-state index contributed by atoms with van der Waals surface area (Å²) in [6.45, 7) is 10.2. The number of nitrogens with zero attached hydrogens (tertiary/aromatic N) is 2. The minimum absolute atomic E-state index is 0.0568. The molecule has 0 saturated heterocycles. The van der Waals surface area contributed by atoms with Gasteiger partial charge in [0.25, 0.3) is 0 Å². The Morgan fingerprint density at radius 3 is 2.48 bits per heavy atom. The summed E-state index contributed by atoms with van der Waals surface area (Å²) >= 11 is 0. The van der Waals surface area contributed by atoms with E-state index in [9.17, 15) is 13.2 Å². The Bertz CT molecular complexity index is 1360. The lowest BCUT2D eigenvalue weighted by Crippen LogP contribution is -2.31. The molecule has 0 amide bonds. The Morgan fingerprint density at radius 1 is 1.09 bits per heavy atom. The number of hydrogen-bond donors (Lipinski definition) is 1. The van der Waals surface area contributed by atoms with Crippen molar-refractivity contribution in [2.45, 2.75) is 38.0 Å². The third kappa shape index (κ3) is 3.93. The molecule has 3 aromatic rings. The second-order valence-corrected chi connectivity index (χ2v) is 11.2. The summed E-state index contributed by atoms with van der Waals surface area (Å²) in [5, 5.41) is 0.873. The van der Waals surface area contributed by atoms with E-state index in [4.69, 9.17) is 0 Å². The van der Waals surface area contributed by atoms with E-state index in [0.29, 0.717) is 17.7 Å². The highest BCUT2D eigenvalue weighted by atomic mass is 32.2. The number of ketones is 1. The van der Waals surface area contributed by atoms with Gasteiger partial charge in [-0.1, -0.05) is 39.8 Å². The molecule has 0 unspecified atom stereocenters. The van der Waals surface area contributed by atoms with Crippen molar-refractivity contribution in [3.8, 4) is 0 Å². The van der Waals surface area contributed by atoms with Gasteiger partial charge >= 0.3 is 0 Å². The molecule has 4 rings (SSSR count). The molecule has 1 N–H and O–H groups in total. The first kappa shape index (κ1) is 23.4. The number of fused-ring (bicyclic) bond motifs is 4. The fourth-order valence-electron chi connectivity index (χ4n) is 4.76. The predicted octanol–water partition coefficient (Wildman–Crippen LogP) is 4.20. The second-order valence-electron chi connectivity index (χ2n) is 9.07. The number of nitrogens with one attached hydrogen (secondary N) is 1. The van der Waals surface area contributed by atoms with Crippen LogP contribution in [0.1, 0.15) is 60.4 Å². The van der Waals surface area contributed by atoms with Crippen LogP contribution in [0.4, 0.5) is 0 Å². The molecule has 1 heterocycles. The molecule has 0 radical (unpaired) electrons. The van der Waals surface area contributed by atoms with Crippen LogP contribution in [-0.2, 0) is 15.3 Å². The normalized spacial score (nSPS) is 15.4. The summed E-state index contributed by atoms with van der Waals surface area (Å²) in [6.07, 6.45) is 1.77. The zero-order valence-electron chi connectivity index (χ0n) is 19.9. The maximum absolute atomic E-state index is 13.5. The van der Waals surface area contributed by atoms with Crippen molar-refractivity contribution >= 4 is 32.7 Å². The predicted molar refractivity (Wildman–Crippen MR) is 134 cm³/mol. The molecule has 33 heavy (non-hydrogen) atoms. The van der Waals surface area contributed by atoms with E-state index in [1.165, 1.54) is 0 Å². The highest BCUT2D eigenvalue weighted by molar-refractivity contribution is 7.91. The van der Waals surface area contributed by atoms with Gasteiger partial charge in [-0.2, -0.15) is 0 Å². The monoisotopic (exact) mass is 465 g/mol. The zero-order chi connectivity index (χ0) is 24.0. The van der Waals surface area contributed by atoms with Gasteiger partial charge in [-0.05, 0) is 48.5 Å². The first-order valence-corrected chi connectivity index (χ1v) is 13.0. The van der Waals surface area contributed by atoms with Crippen molar-refractivity contribution < 1.29 is 13.2 Å². The fourth-order valence-corrected chi connectivity index (χ4v) is 6.06. The van der Waals surface area contributed by atoms with Gasteiger partial charge < -0.3 is 9.88 Å². The average molecular weight is 466 g/mol. The summed E-state index contributed by atoms with van der Waals surface area (Å²) in [5.41, 5.74) is 4.06. The summed E-state index contributed by atoms with van der Waals surface area (Å²) in [6, 6.07) is 10.9. The van der Waals surface area contributed by atoms with Crippen LogP contribution >= 0.6 is 0 Å². The molecule has 0 atom stereocenters. The topological polar surface area (TPSA) is 82.6 Å². The fraction of sp³-hybridized carbons (Fsp3) is 0.385. The van der Waals surface area contributed by atoms with Gasteiger partial charge in [-0.25, -0.2) is 8.42 Å². The molecule has 0 bridgehead atoms. The standard InChI is InChI=1S/C26H31N3O3S/c1-6-29(7-2)12-13-33(31,32)18-9-11-19-21(15-18)26(3,4)25-23(24(19)30)20-10-8-17(16-27-5)14-22(20)28-25/h8-11,14-16,28H,6-7,12-13H2,1-5H3/b27-16-. The van der Waals surface area contributed by atoms with Crippen LogP contribution in [-0.4, -0.2) is 62.7 Å². The molecule has 0 aliphatic heterocycles. The smallest absolute Gasteiger partial charge is 0.195 e. The lowest BCUT2D eigenvalue weighted by atomic mass is 9.71. The number of hydrogen-bond acceptors (Lipinski definition) is 5. The number of carbonyl (C=O) groups excluding carboxylic acids is 1. The van der Waals surface area contributed by atoms with Gasteiger partial charge in [0, 0.05) is 47.4 Å². The number of aliphatic imine (C=N–C) groups is 1. The van der Waals surface area contributed by atoms with E-state index in [1.807, 2.05) is 45.9 Å². The average Bonchev–Trinajstić information content (AvgIpc) is 3.18. The van der Waals surface area contributed by atoms with Crippen LogP contribution in [0.3, 0.4) is 0 Å². The van der Waals surface area contributed by atoms with Crippen LogP contribution in [0.5, 0.6) is 0 Å². The van der Waals surface area contributed by atoms with E-state index < -0.39 is 15.3 Å². The molecule has 1 aromatic heterocycles. The van der Waals surface area contributed by atoms with Crippen LogP contribution in [0.2, 0.25) is 0 Å². The summed E-state index contributed by atoms with van der Waals surface area (Å²) in [5.74, 6) is -0.0177. The van der Waals surface area contributed by atoms with Crippen molar-refractivity contribution in [1.29, 1.82) is 0 Å². The molecule has 6 nitrogen and oxygen atoms in total. The Labute approximate surface area is 195 Å². The van der Waals surface area contributed by atoms with Gasteiger partial charge in [0.15, 0.2) is 15.6 Å². The van der Waals surface area contributed by atoms with Crippen molar-refractivity contribution in [1.82, 2.24) is 9.88 Å². The Kier molecular flexibility index (Phi) is 6.05. The summed E-state index contributed by atoms with van der Waals surface area (Å²) in [7, 11) is -1.75. The maximum Gasteiger partial charge on any atom is 0.195 e. The highest BCUT2D eigenvalue weighted by Crippen LogP contribution is 2.44. The van der Waals surface area contributed by atoms with Crippen LogP contribution in [0.25, 0.3) is 10.9 Å². The maximum atomic E-state index is 13.5. The van der Waals surface area contributed by atoms with Gasteiger partial charge in [0.05, 0.1) is 16.2 Å². The molecule has 0 fully saturated rings. The van der Waals surface area contributed by atoms with Gasteiger partial charge in [-0.3, -0.25) is 9.79 Å². The van der Waals surface area contributed by atoms with Crippen LogP contribution in [0.15, 0.2) is 46.3 Å². The minimum atomic E-state index is -3.47. The molecule has 2 aromatic carbocycles. The summed E-state index contributed by atoms with van der Waals surface area (Å²) < 4.78 is 26.2. The highest BCUT2D eigenvalue weighted by Gasteiger charge is 2.40. The minimum Gasteiger partial charge on any atom is -0.357 e. The molecule has 0 saturated carbocycles. The SMILES string of the molecule is CCN(CC)CCS(=O)(=O)c1ccc2c(c1)C(C)(C)c1[nH]c3cc(/C=N\C)ccc3c1C2=O. The molecule has 0 spiro atoms. The van der Waals surface area contributed by atoms with Gasteiger partial charge in [0.2, 0.25) is 0 Å². The number of aromatic amines is 1. The third-order valence-electron chi connectivity index (χ3n) is 6.79. The lowest BCUT2D eigenvalue weighted by molar-refractivity contribution is 0.103. The van der Waals surface area contributed by atoms with E-state index in [2.05, 4.69) is 14.9 Å². The molecule has 7 heteroatoms. The van der Waals surface area contributed by atoms with Gasteiger partial charge in [0.1, 0.15) is 0 Å². The van der Waals surface area contributed by atoms with Crippen LogP contribution < -0.4 is 0 Å². The van der Waals surface area contributed by atoms with Crippen molar-refractivity contribution in [3.63, 3.8) is 0 Å². The first-order chi connectivity index (χ1) is 15.6. The van der Waals surface area contributed by atoms with E-state index in [0.717, 1.165) is 40.8 Å². The molecular formula is C26H31N3O3S. The summed E-state index contributed by atoms with van der Waals surface area (Å²) in [4.78, 5) is 23.4. The number of rotatable bonds is 7. The second kappa shape index (κ2) is 8.54. The van der Waals surface area contributed by atoms with Crippen molar-refractivity contribution in [2.24, 2.45) is 4.99 Å². The number of benzene rings is 2. The van der Waals surface area contributed by atoms with Crippen molar-refractivity contribution in [3.05, 3.63) is 64.3 Å². The van der Waals surface area contributed by atoms with E-state index >= 15 is 0 Å². The lowest BCUT2D eigenvalue weighted by Gasteiger charge is -2.32. The number of aromatic nitrogens is 1. The molecular weight excluding hydrogens is 434 g/mol. The zero-order valence-corrected chi connectivity index (χ0v) is 20.7. The largest absolute Gasteiger partial charge is 0.357 e.